The Morgan fingerprint density at radius 1 is 1.40 bits per heavy atom. The van der Waals surface area contributed by atoms with Crippen molar-refractivity contribution in [3.63, 3.8) is 0 Å². The summed E-state index contributed by atoms with van der Waals surface area (Å²) < 4.78 is 4.97. The number of aliphatic carboxylic acids is 1. The summed E-state index contributed by atoms with van der Waals surface area (Å²) in [5, 5.41) is 9.21. The van der Waals surface area contributed by atoms with Gasteiger partial charge in [-0.05, 0) is 19.4 Å². The van der Waals surface area contributed by atoms with Gasteiger partial charge in [-0.3, -0.25) is 4.79 Å². The molecule has 0 saturated heterocycles. The molecule has 0 radical (unpaired) electrons. The number of carboxylic acid groups (broad SMARTS) is 1. The standard InChI is InChI=1S/C12H16O3/c1-9-4-6-10(7-5-9)12(2,8-15-3)11(13)14/h4-7H,8H2,1-3H3,(H,13,14). The molecule has 0 aliphatic heterocycles. The van der Waals surface area contributed by atoms with E-state index in [4.69, 9.17) is 4.74 Å². The van der Waals surface area contributed by atoms with E-state index in [1.165, 1.54) is 7.11 Å². The molecule has 0 bridgehead atoms. The molecule has 0 aliphatic rings. The van der Waals surface area contributed by atoms with Crippen molar-refractivity contribution in [1.29, 1.82) is 0 Å². The van der Waals surface area contributed by atoms with Gasteiger partial charge in [0, 0.05) is 7.11 Å². The van der Waals surface area contributed by atoms with E-state index in [-0.39, 0.29) is 6.61 Å². The SMILES string of the molecule is COCC(C)(C(=O)O)c1ccc(C)cc1. The molecule has 1 aromatic rings. The quantitative estimate of drug-likeness (QED) is 0.823. The Morgan fingerprint density at radius 2 is 1.93 bits per heavy atom. The highest BCUT2D eigenvalue weighted by Crippen LogP contribution is 2.24. The maximum atomic E-state index is 11.2. The molecule has 82 valence electrons. The minimum Gasteiger partial charge on any atom is -0.481 e. The van der Waals surface area contributed by atoms with Crippen LogP contribution in [-0.4, -0.2) is 24.8 Å². The lowest BCUT2D eigenvalue weighted by Crippen LogP contribution is -2.37. The fraction of sp³-hybridized carbons (Fsp3) is 0.417. The van der Waals surface area contributed by atoms with E-state index < -0.39 is 11.4 Å². The Kier molecular flexibility index (Phi) is 3.48. The average Bonchev–Trinajstić information content (AvgIpc) is 2.18. The average molecular weight is 208 g/mol. The summed E-state index contributed by atoms with van der Waals surface area (Å²) in [7, 11) is 1.51. The third-order valence-corrected chi connectivity index (χ3v) is 2.59. The number of aryl methyl sites for hydroxylation is 1. The second-order valence-electron chi connectivity index (χ2n) is 3.94. The summed E-state index contributed by atoms with van der Waals surface area (Å²) in [5.74, 6) is -0.867. The van der Waals surface area contributed by atoms with Crippen LogP contribution >= 0.6 is 0 Å². The zero-order valence-corrected chi connectivity index (χ0v) is 9.28. The molecule has 1 rings (SSSR count). The lowest BCUT2D eigenvalue weighted by molar-refractivity contribution is -0.145. The normalized spacial score (nSPS) is 14.6. The molecule has 0 spiro atoms. The van der Waals surface area contributed by atoms with E-state index >= 15 is 0 Å². The molecule has 0 amide bonds. The molecule has 3 heteroatoms. The third kappa shape index (κ3) is 2.36. The van der Waals surface area contributed by atoms with E-state index in [1.54, 1.807) is 6.92 Å². The zero-order chi connectivity index (χ0) is 11.5. The highest BCUT2D eigenvalue weighted by atomic mass is 16.5. The van der Waals surface area contributed by atoms with Crippen molar-refractivity contribution in [2.24, 2.45) is 0 Å². The van der Waals surface area contributed by atoms with E-state index in [9.17, 15) is 9.90 Å². The topological polar surface area (TPSA) is 46.5 Å². The molecule has 15 heavy (non-hydrogen) atoms. The Bertz CT molecular complexity index is 342. The molecule has 1 unspecified atom stereocenters. The number of benzene rings is 1. The summed E-state index contributed by atoms with van der Waals surface area (Å²) in [4.78, 5) is 11.2. The van der Waals surface area contributed by atoms with Gasteiger partial charge in [0.25, 0.3) is 0 Å². The van der Waals surface area contributed by atoms with Crippen LogP contribution in [0.1, 0.15) is 18.1 Å². The van der Waals surface area contributed by atoms with Crippen LogP contribution in [0.25, 0.3) is 0 Å². The van der Waals surface area contributed by atoms with Gasteiger partial charge in [0.2, 0.25) is 0 Å². The van der Waals surface area contributed by atoms with E-state index in [0.29, 0.717) is 0 Å². The van der Waals surface area contributed by atoms with Crippen LogP contribution < -0.4 is 0 Å². The van der Waals surface area contributed by atoms with Gasteiger partial charge < -0.3 is 9.84 Å². The molecular formula is C12H16O3. The molecule has 1 aromatic carbocycles. The number of methoxy groups -OCH3 is 1. The van der Waals surface area contributed by atoms with Crippen molar-refractivity contribution in [3.05, 3.63) is 35.4 Å². The van der Waals surface area contributed by atoms with Gasteiger partial charge in [-0.25, -0.2) is 0 Å². The van der Waals surface area contributed by atoms with Gasteiger partial charge in [0.1, 0.15) is 5.41 Å². The summed E-state index contributed by atoms with van der Waals surface area (Å²) in [5.41, 5.74) is 0.911. The van der Waals surface area contributed by atoms with Crippen LogP contribution in [0.5, 0.6) is 0 Å². The van der Waals surface area contributed by atoms with Crippen LogP contribution in [0, 0.1) is 6.92 Å². The van der Waals surface area contributed by atoms with Crippen molar-refractivity contribution < 1.29 is 14.6 Å². The van der Waals surface area contributed by atoms with Crippen molar-refractivity contribution in [2.75, 3.05) is 13.7 Å². The van der Waals surface area contributed by atoms with Crippen LogP contribution in [0.15, 0.2) is 24.3 Å². The molecule has 1 atom stereocenters. The second-order valence-corrected chi connectivity index (χ2v) is 3.94. The number of hydrogen-bond acceptors (Lipinski definition) is 2. The second kappa shape index (κ2) is 4.45. The minimum atomic E-state index is -0.970. The van der Waals surface area contributed by atoms with Crippen LogP contribution in [-0.2, 0) is 14.9 Å². The molecule has 3 nitrogen and oxygen atoms in total. The number of carboxylic acids is 1. The summed E-state index contributed by atoms with van der Waals surface area (Å²) >= 11 is 0. The van der Waals surface area contributed by atoms with Gasteiger partial charge >= 0.3 is 5.97 Å². The van der Waals surface area contributed by atoms with Gasteiger partial charge in [0.05, 0.1) is 6.61 Å². The first-order valence-corrected chi connectivity index (χ1v) is 4.80. The number of carbonyl (C=O) groups is 1. The molecule has 0 saturated carbocycles. The Labute approximate surface area is 89.7 Å². The molecule has 0 aromatic heterocycles. The monoisotopic (exact) mass is 208 g/mol. The van der Waals surface area contributed by atoms with Gasteiger partial charge in [-0.15, -0.1) is 0 Å². The van der Waals surface area contributed by atoms with Crippen LogP contribution in [0.3, 0.4) is 0 Å². The highest BCUT2D eigenvalue weighted by Gasteiger charge is 2.35. The minimum absolute atomic E-state index is 0.172. The van der Waals surface area contributed by atoms with Crippen LogP contribution in [0.4, 0.5) is 0 Å². The van der Waals surface area contributed by atoms with Gasteiger partial charge in [-0.1, -0.05) is 29.8 Å². The summed E-state index contributed by atoms with van der Waals surface area (Å²) in [6.07, 6.45) is 0. The molecule has 0 heterocycles. The molecular weight excluding hydrogens is 192 g/mol. The smallest absolute Gasteiger partial charge is 0.316 e. The lowest BCUT2D eigenvalue weighted by Gasteiger charge is -2.24. The largest absolute Gasteiger partial charge is 0.481 e. The third-order valence-electron chi connectivity index (χ3n) is 2.59. The first-order valence-electron chi connectivity index (χ1n) is 4.80. The zero-order valence-electron chi connectivity index (χ0n) is 9.28. The Hall–Kier alpha value is -1.35. The van der Waals surface area contributed by atoms with Crippen LogP contribution in [0.2, 0.25) is 0 Å². The van der Waals surface area contributed by atoms with E-state index in [1.807, 2.05) is 31.2 Å². The predicted molar refractivity (Wildman–Crippen MR) is 58.0 cm³/mol. The Morgan fingerprint density at radius 3 is 2.33 bits per heavy atom. The fourth-order valence-corrected chi connectivity index (χ4v) is 1.48. The fourth-order valence-electron chi connectivity index (χ4n) is 1.48. The predicted octanol–water partition coefficient (Wildman–Crippen LogP) is 1.98. The number of hydrogen-bond donors (Lipinski definition) is 1. The van der Waals surface area contributed by atoms with Gasteiger partial charge in [0.15, 0.2) is 0 Å². The van der Waals surface area contributed by atoms with Crippen molar-refractivity contribution in [3.8, 4) is 0 Å². The number of rotatable bonds is 4. The first kappa shape index (κ1) is 11.7. The van der Waals surface area contributed by atoms with Gasteiger partial charge in [-0.2, -0.15) is 0 Å². The maximum Gasteiger partial charge on any atom is 0.316 e. The highest BCUT2D eigenvalue weighted by molar-refractivity contribution is 5.81. The van der Waals surface area contributed by atoms with Crippen molar-refractivity contribution in [1.82, 2.24) is 0 Å². The summed E-state index contributed by atoms with van der Waals surface area (Å²) in [6.45, 7) is 3.81. The van der Waals surface area contributed by atoms with Crippen molar-refractivity contribution in [2.45, 2.75) is 19.3 Å². The lowest BCUT2D eigenvalue weighted by atomic mass is 9.83. The first-order chi connectivity index (χ1) is 7.00. The Balaban J connectivity index is 3.09. The molecule has 0 aliphatic carbocycles. The van der Waals surface area contributed by atoms with E-state index in [2.05, 4.69) is 0 Å². The summed E-state index contributed by atoms with van der Waals surface area (Å²) in [6, 6.07) is 7.49. The molecule has 0 fully saturated rings. The maximum absolute atomic E-state index is 11.2. The van der Waals surface area contributed by atoms with E-state index in [0.717, 1.165) is 11.1 Å². The van der Waals surface area contributed by atoms with Crippen molar-refractivity contribution >= 4 is 5.97 Å². The molecule has 1 N–H and O–H groups in total. The number of ether oxygens (including phenoxy) is 1.